The van der Waals surface area contributed by atoms with Gasteiger partial charge in [-0.1, -0.05) is 32.9 Å². The van der Waals surface area contributed by atoms with Crippen LogP contribution in [0.3, 0.4) is 0 Å². The van der Waals surface area contributed by atoms with Crippen LogP contribution in [0.2, 0.25) is 0 Å². The Hall–Kier alpha value is -1.11. The van der Waals surface area contributed by atoms with Gasteiger partial charge >= 0.3 is 0 Å². The van der Waals surface area contributed by atoms with Gasteiger partial charge in [0, 0.05) is 12.6 Å². The Bertz CT molecular complexity index is 648. The lowest BCUT2D eigenvalue weighted by Crippen LogP contribution is -2.29. The molecule has 1 atom stereocenters. The maximum absolute atomic E-state index is 12.2. The zero-order valence-electron chi connectivity index (χ0n) is 15.7. The van der Waals surface area contributed by atoms with Crippen molar-refractivity contribution < 1.29 is 17.9 Å². The Morgan fingerprint density at radius 1 is 1.28 bits per heavy atom. The Kier molecular flexibility index (Phi) is 6.88. The van der Waals surface area contributed by atoms with E-state index in [-0.39, 0.29) is 17.2 Å². The SMILES string of the molecule is C[C@@H](NS(=O)(=O)CCCOCC(C)(C)C)c1cccc(OC2CC2)c1. The Morgan fingerprint density at radius 2 is 2.00 bits per heavy atom. The second-order valence-electron chi connectivity index (χ2n) is 8.01. The van der Waals surface area contributed by atoms with Gasteiger partial charge in [0.15, 0.2) is 0 Å². The lowest BCUT2D eigenvalue weighted by molar-refractivity contribution is 0.0720. The third-order valence-corrected chi connectivity index (χ3v) is 5.32. The molecule has 0 unspecified atom stereocenters. The molecule has 0 aliphatic heterocycles. The van der Waals surface area contributed by atoms with Crippen LogP contribution in [0.5, 0.6) is 5.75 Å². The van der Waals surface area contributed by atoms with E-state index < -0.39 is 10.0 Å². The largest absolute Gasteiger partial charge is 0.490 e. The molecule has 2 rings (SSSR count). The summed E-state index contributed by atoms with van der Waals surface area (Å²) in [4.78, 5) is 0. The molecule has 1 saturated carbocycles. The highest BCUT2D eigenvalue weighted by molar-refractivity contribution is 7.89. The van der Waals surface area contributed by atoms with Crippen molar-refractivity contribution in [2.45, 2.75) is 59.1 Å². The van der Waals surface area contributed by atoms with Gasteiger partial charge < -0.3 is 9.47 Å². The molecule has 142 valence electrons. The second kappa shape index (κ2) is 8.52. The quantitative estimate of drug-likeness (QED) is 0.639. The molecule has 0 saturated heterocycles. The van der Waals surface area contributed by atoms with Crippen LogP contribution in [0.1, 0.15) is 58.6 Å². The molecule has 1 aliphatic rings. The standard InChI is InChI=1S/C19H31NO4S/c1-15(16-7-5-8-18(13-16)24-17-9-10-17)20-25(21,22)12-6-11-23-14-19(2,3)4/h5,7-8,13,15,17,20H,6,9-12,14H2,1-4H3/t15-/m1/s1. The first-order valence-corrected chi connectivity index (χ1v) is 10.6. The van der Waals surface area contributed by atoms with E-state index in [0.29, 0.717) is 25.7 Å². The number of nitrogens with one attached hydrogen (secondary N) is 1. The van der Waals surface area contributed by atoms with Gasteiger partial charge in [0.1, 0.15) is 5.75 Å². The van der Waals surface area contributed by atoms with E-state index >= 15 is 0 Å². The number of hydrogen-bond acceptors (Lipinski definition) is 4. The van der Waals surface area contributed by atoms with Gasteiger partial charge in [-0.2, -0.15) is 0 Å². The maximum atomic E-state index is 12.2. The van der Waals surface area contributed by atoms with Gasteiger partial charge in [-0.15, -0.1) is 0 Å². The fourth-order valence-corrected chi connectivity index (χ4v) is 3.65. The molecule has 1 aliphatic carbocycles. The molecule has 5 nitrogen and oxygen atoms in total. The van der Waals surface area contributed by atoms with E-state index in [2.05, 4.69) is 25.5 Å². The lowest BCUT2D eigenvalue weighted by atomic mass is 9.99. The summed E-state index contributed by atoms with van der Waals surface area (Å²) in [6.45, 7) is 9.21. The van der Waals surface area contributed by atoms with Gasteiger partial charge in [-0.3, -0.25) is 0 Å². The molecule has 0 bridgehead atoms. The van der Waals surface area contributed by atoms with E-state index in [1.165, 1.54) is 0 Å². The first-order chi connectivity index (χ1) is 11.6. The van der Waals surface area contributed by atoms with Crippen molar-refractivity contribution in [2.75, 3.05) is 19.0 Å². The molecule has 25 heavy (non-hydrogen) atoms. The summed E-state index contributed by atoms with van der Waals surface area (Å²) >= 11 is 0. The molecular formula is C19H31NO4S. The van der Waals surface area contributed by atoms with E-state index in [0.717, 1.165) is 24.2 Å². The molecule has 0 amide bonds. The molecule has 6 heteroatoms. The normalized spacial score (nSPS) is 16.6. The summed E-state index contributed by atoms with van der Waals surface area (Å²) in [5.41, 5.74) is 1.00. The minimum absolute atomic E-state index is 0.0692. The zero-order valence-corrected chi connectivity index (χ0v) is 16.6. The second-order valence-corrected chi connectivity index (χ2v) is 9.89. The molecule has 1 fully saturated rings. The van der Waals surface area contributed by atoms with Gasteiger partial charge in [0.25, 0.3) is 0 Å². The van der Waals surface area contributed by atoms with Crippen molar-refractivity contribution in [3.05, 3.63) is 29.8 Å². The number of hydrogen-bond donors (Lipinski definition) is 1. The number of rotatable bonds is 10. The highest BCUT2D eigenvalue weighted by Gasteiger charge is 2.24. The Morgan fingerprint density at radius 3 is 2.64 bits per heavy atom. The fourth-order valence-electron chi connectivity index (χ4n) is 2.36. The van der Waals surface area contributed by atoms with Crippen molar-refractivity contribution in [1.29, 1.82) is 0 Å². The molecular weight excluding hydrogens is 338 g/mol. The third-order valence-electron chi connectivity index (χ3n) is 3.78. The molecule has 1 N–H and O–H groups in total. The predicted molar refractivity (Wildman–Crippen MR) is 100 cm³/mol. The highest BCUT2D eigenvalue weighted by atomic mass is 32.2. The van der Waals surface area contributed by atoms with Crippen molar-refractivity contribution in [1.82, 2.24) is 4.72 Å². The van der Waals surface area contributed by atoms with Gasteiger partial charge in [0.05, 0.1) is 18.5 Å². The Labute approximate surface area is 152 Å². The zero-order chi connectivity index (χ0) is 18.5. The monoisotopic (exact) mass is 369 g/mol. The summed E-state index contributed by atoms with van der Waals surface area (Å²) in [6, 6.07) is 7.36. The first kappa shape index (κ1) is 20.2. The Balaban J connectivity index is 1.78. The van der Waals surface area contributed by atoms with Crippen LogP contribution in [0, 0.1) is 5.41 Å². The number of ether oxygens (including phenoxy) is 2. The molecule has 0 radical (unpaired) electrons. The van der Waals surface area contributed by atoms with E-state index in [1.54, 1.807) is 0 Å². The average Bonchev–Trinajstić information content (AvgIpc) is 3.29. The third kappa shape index (κ3) is 8.21. The molecule has 0 spiro atoms. The summed E-state index contributed by atoms with van der Waals surface area (Å²) in [5.74, 6) is 0.876. The summed E-state index contributed by atoms with van der Waals surface area (Å²) in [5, 5.41) is 0. The summed E-state index contributed by atoms with van der Waals surface area (Å²) in [7, 11) is -3.34. The maximum Gasteiger partial charge on any atom is 0.212 e. The van der Waals surface area contributed by atoms with E-state index in [4.69, 9.17) is 9.47 Å². The van der Waals surface area contributed by atoms with Crippen LogP contribution in [-0.2, 0) is 14.8 Å². The first-order valence-electron chi connectivity index (χ1n) is 8.99. The van der Waals surface area contributed by atoms with Crippen molar-refractivity contribution in [3.8, 4) is 5.75 Å². The van der Waals surface area contributed by atoms with Gasteiger partial charge in [0.2, 0.25) is 10.0 Å². The fraction of sp³-hybridized carbons (Fsp3) is 0.684. The van der Waals surface area contributed by atoms with Crippen LogP contribution in [0.4, 0.5) is 0 Å². The van der Waals surface area contributed by atoms with Crippen molar-refractivity contribution in [2.24, 2.45) is 5.41 Å². The number of sulfonamides is 1. The average molecular weight is 370 g/mol. The molecule has 1 aromatic rings. The van der Waals surface area contributed by atoms with Gasteiger partial charge in [-0.25, -0.2) is 13.1 Å². The molecule has 0 aromatic heterocycles. The van der Waals surface area contributed by atoms with Crippen LogP contribution >= 0.6 is 0 Å². The van der Waals surface area contributed by atoms with Crippen molar-refractivity contribution in [3.63, 3.8) is 0 Å². The van der Waals surface area contributed by atoms with Gasteiger partial charge in [-0.05, 0) is 49.3 Å². The minimum Gasteiger partial charge on any atom is -0.490 e. The van der Waals surface area contributed by atoms with Crippen LogP contribution in [0.15, 0.2) is 24.3 Å². The number of benzene rings is 1. The van der Waals surface area contributed by atoms with Crippen LogP contribution in [0.25, 0.3) is 0 Å². The molecule has 0 heterocycles. The summed E-state index contributed by atoms with van der Waals surface area (Å²) < 4.78 is 38.5. The molecule has 1 aromatic carbocycles. The predicted octanol–water partition coefficient (Wildman–Crippen LogP) is 3.66. The van der Waals surface area contributed by atoms with Crippen LogP contribution in [-0.4, -0.2) is 33.5 Å². The lowest BCUT2D eigenvalue weighted by Gasteiger charge is -2.18. The van der Waals surface area contributed by atoms with Crippen molar-refractivity contribution >= 4 is 10.0 Å². The highest BCUT2D eigenvalue weighted by Crippen LogP contribution is 2.28. The summed E-state index contributed by atoms with van der Waals surface area (Å²) in [6.07, 6.45) is 3.02. The minimum atomic E-state index is -3.34. The topological polar surface area (TPSA) is 64.6 Å². The van der Waals surface area contributed by atoms with Crippen LogP contribution < -0.4 is 9.46 Å². The smallest absolute Gasteiger partial charge is 0.212 e. The van der Waals surface area contributed by atoms with E-state index in [9.17, 15) is 8.42 Å². The van der Waals surface area contributed by atoms with E-state index in [1.807, 2.05) is 31.2 Å².